The lowest BCUT2D eigenvalue weighted by molar-refractivity contribution is -0.133. The molecule has 6 heteroatoms. The Hall–Kier alpha value is -4.71. The van der Waals surface area contributed by atoms with Gasteiger partial charge in [0.25, 0.3) is 5.91 Å². The van der Waals surface area contributed by atoms with E-state index in [0.717, 1.165) is 46.9 Å². The molecule has 0 fully saturated rings. The Morgan fingerprint density at radius 1 is 0.721 bits per heavy atom. The standard InChI is InChI=1S/C37H38FN3O2/c1-2-3-9-22-40(37(43)33-19-18-31-13-7-8-14-32(31)24-33)28-36(42)41(26-29-11-5-4-6-12-29)27-35-15-10-23-39(35)25-30-16-20-34(38)21-17-30/h4-8,10-21,23-24H,2-3,9,22,25-28H2,1H3. The van der Waals surface area contributed by atoms with Crippen LogP contribution in [0.1, 0.15) is 53.4 Å². The average Bonchev–Trinajstić information content (AvgIpc) is 3.47. The Labute approximate surface area is 253 Å². The molecule has 0 aliphatic carbocycles. The second kappa shape index (κ2) is 14.5. The highest BCUT2D eigenvalue weighted by Crippen LogP contribution is 2.19. The van der Waals surface area contributed by atoms with Gasteiger partial charge in [0.1, 0.15) is 12.4 Å². The molecule has 0 atom stereocenters. The van der Waals surface area contributed by atoms with Crippen LogP contribution in [-0.2, 0) is 24.4 Å². The van der Waals surface area contributed by atoms with E-state index in [9.17, 15) is 14.0 Å². The van der Waals surface area contributed by atoms with Crippen LogP contribution in [-0.4, -0.2) is 39.3 Å². The van der Waals surface area contributed by atoms with Crippen molar-refractivity contribution in [1.82, 2.24) is 14.4 Å². The largest absolute Gasteiger partial charge is 0.345 e. The van der Waals surface area contributed by atoms with E-state index in [1.807, 2.05) is 96.0 Å². The lowest BCUT2D eigenvalue weighted by Crippen LogP contribution is -2.43. The van der Waals surface area contributed by atoms with Gasteiger partial charge in [-0.15, -0.1) is 0 Å². The molecule has 0 saturated heterocycles. The average molecular weight is 576 g/mol. The van der Waals surface area contributed by atoms with E-state index < -0.39 is 0 Å². The molecule has 2 amide bonds. The Balaban J connectivity index is 1.38. The van der Waals surface area contributed by atoms with Crippen molar-refractivity contribution in [3.8, 4) is 0 Å². The fraction of sp³-hybridized carbons (Fsp3) is 0.243. The van der Waals surface area contributed by atoms with E-state index >= 15 is 0 Å². The summed E-state index contributed by atoms with van der Waals surface area (Å²) in [6.07, 6.45) is 4.82. The molecule has 1 aromatic heterocycles. The number of amides is 2. The Morgan fingerprint density at radius 2 is 1.47 bits per heavy atom. The molecule has 0 radical (unpaired) electrons. The fourth-order valence-electron chi connectivity index (χ4n) is 5.34. The molecule has 1 heterocycles. The van der Waals surface area contributed by atoms with Gasteiger partial charge < -0.3 is 14.4 Å². The van der Waals surface area contributed by atoms with E-state index in [-0.39, 0.29) is 24.2 Å². The molecule has 220 valence electrons. The van der Waals surface area contributed by atoms with Crippen LogP contribution >= 0.6 is 0 Å². The van der Waals surface area contributed by atoms with Gasteiger partial charge in [-0.05, 0) is 64.7 Å². The van der Waals surface area contributed by atoms with Crippen LogP contribution in [0.5, 0.6) is 0 Å². The first kappa shape index (κ1) is 29.8. The molecule has 0 bridgehead atoms. The van der Waals surface area contributed by atoms with Crippen molar-refractivity contribution in [3.05, 3.63) is 144 Å². The highest BCUT2D eigenvalue weighted by Gasteiger charge is 2.23. The number of fused-ring (bicyclic) bond motifs is 1. The predicted octanol–water partition coefficient (Wildman–Crippen LogP) is 7.69. The summed E-state index contributed by atoms with van der Waals surface area (Å²) < 4.78 is 15.6. The molecule has 0 aliphatic heterocycles. The number of aromatic nitrogens is 1. The Bertz CT molecular complexity index is 1650. The van der Waals surface area contributed by atoms with Crippen LogP contribution in [0.4, 0.5) is 4.39 Å². The van der Waals surface area contributed by atoms with Crippen molar-refractivity contribution < 1.29 is 14.0 Å². The van der Waals surface area contributed by atoms with Crippen LogP contribution in [0.2, 0.25) is 0 Å². The maximum absolute atomic E-state index is 14.1. The van der Waals surface area contributed by atoms with Gasteiger partial charge in [0.05, 0.1) is 6.54 Å². The third-order valence-corrected chi connectivity index (χ3v) is 7.75. The zero-order valence-corrected chi connectivity index (χ0v) is 24.7. The van der Waals surface area contributed by atoms with Gasteiger partial charge >= 0.3 is 0 Å². The summed E-state index contributed by atoms with van der Waals surface area (Å²) in [4.78, 5) is 31.4. The van der Waals surface area contributed by atoms with Crippen LogP contribution in [0, 0.1) is 5.82 Å². The second-order valence-corrected chi connectivity index (χ2v) is 11.0. The van der Waals surface area contributed by atoms with Crippen molar-refractivity contribution in [1.29, 1.82) is 0 Å². The van der Waals surface area contributed by atoms with Gasteiger partial charge in [-0.2, -0.15) is 0 Å². The van der Waals surface area contributed by atoms with Gasteiger partial charge in [-0.25, -0.2) is 4.39 Å². The summed E-state index contributed by atoms with van der Waals surface area (Å²) in [6, 6.07) is 34.1. The second-order valence-electron chi connectivity index (χ2n) is 11.0. The minimum absolute atomic E-state index is 0.000872. The first-order chi connectivity index (χ1) is 21.0. The first-order valence-corrected chi connectivity index (χ1v) is 15.0. The summed E-state index contributed by atoms with van der Waals surface area (Å²) in [5, 5.41) is 2.08. The molecular formula is C37H38FN3O2. The van der Waals surface area contributed by atoms with Crippen LogP contribution in [0.25, 0.3) is 10.8 Å². The number of hydrogen-bond donors (Lipinski definition) is 0. The summed E-state index contributed by atoms with van der Waals surface area (Å²) in [5.74, 6) is -0.503. The van der Waals surface area contributed by atoms with E-state index in [4.69, 9.17) is 0 Å². The molecule has 5 nitrogen and oxygen atoms in total. The van der Waals surface area contributed by atoms with Crippen molar-refractivity contribution in [3.63, 3.8) is 0 Å². The zero-order valence-electron chi connectivity index (χ0n) is 24.7. The van der Waals surface area contributed by atoms with E-state index in [2.05, 4.69) is 11.5 Å². The van der Waals surface area contributed by atoms with Crippen molar-refractivity contribution in [2.45, 2.75) is 45.8 Å². The van der Waals surface area contributed by atoms with Crippen molar-refractivity contribution in [2.24, 2.45) is 0 Å². The summed E-state index contributed by atoms with van der Waals surface area (Å²) >= 11 is 0. The molecule has 5 aromatic rings. The van der Waals surface area contributed by atoms with Gasteiger partial charge in [-0.3, -0.25) is 9.59 Å². The molecule has 43 heavy (non-hydrogen) atoms. The number of unbranched alkanes of at least 4 members (excludes halogenated alkanes) is 2. The number of nitrogens with zero attached hydrogens (tertiary/aromatic N) is 3. The van der Waals surface area contributed by atoms with Crippen LogP contribution in [0.15, 0.2) is 115 Å². The minimum Gasteiger partial charge on any atom is -0.345 e. The van der Waals surface area contributed by atoms with Crippen LogP contribution in [0.3, 0.4) is 0 Å². The number of rotatable bonds is 13. The van der Waals surface area contributed by atoms with Crippen molar-refractivity contribution >= 4 is 22.6 Å². The van der Waals surface area contributed by atoms with Crippen molar-refractivity contribution in [2.75, 3.05) is 13.1 Å². The maximum atomic E-state index is 14.1. The van der Waals surface area contributed by atoms with E-state index in [1.165, 1.54) is 12.1 Å². The highest BCUT2D eigenvalue weighted by molar-refractivity contribution is 6.00. The van der Waals surface area contributed by atoms with E-state index in [0.29, 0.717) is 31.7 Å². The molecular weight excluding hydrogens is 537 g/mol. The monoisotopic (exact) mass is 575 g/mol. The molecule has 4 aromatic carbocycles. The molecule has 0 spiro atoms. The Morgan fingerprint density at radius 3 is 2.23 bits per heavy atom. The smallest absolute Gasteiger partial charge is 0.254 e. The van der Waals surface area contributed by atoms with Gasteiger partial charge in [-0.1, -0.05) is 92.6 Å². The molecule has 5 rings (SSSR count). The van der Waals surface area contributed by atoms with Gasteiger partial charge in [0.2, 0.25) is 5.91 Å². The molecule has 0 aliphatic rings. The normalized spacial score (nSPS) is 11.0. The SMILES string of the molecule is CCCCCN(CC(=O)N(Cc1ccccc1)Cc1cccn1Cc1ccc(F)cc1)C(=O)c1ccc2ccccc2c1. The molecule has 0 N–H and O–H groups in total. The van der Waals surface area contributed by atoms with Crippen LogP contribution < -0.4 is 0 Å². The lowest BCUT2D eigenvalue weighted by Gasteiger charge is -2.28. The highest BCUT2D eigenvalue weighted by atomic mass is 19.1. The number of hydrogen-bond acceptors (Lipinski definition) is 2. The van der Waals surface area contributed by atoms with Gasteiger partial charge in [0, 0.05) is 37.1 Å². The minimum atomic E-state index is -0.266. The number of carbonyl (C=O) groups excluding carboxylic acids is 2. The summed E-state index contributed by atoms with van der Waals surface area (Å²) in [5.41, 5.74) is 3.55. The number of halogens is 1. The lowest BCUT2D eigenvalue weighted by atomic mass is 10.1. The first-order valence-electron chi connectivity index (χ1n) is 15.0. The molecule has 0 saturated carbocycles. The predicted molar refractivity (Wildman–Crippen MR) is 170 cm³/mol. The third kappa shape index (κ3) is 7.98. The topological polar surface area (TPSA) is 45.6 Å². The third-order valence-electron chi connectivity index (χ3n) is 7.75. The van der Waals surface area contributed by atoms with E-state index in [1.54, 1.807) is 17.0 Å². The zero-order chi connectivity index (χ0) is 30.0. The fourth-order valence-corrected chi connectivity index (χ4v) is 5.34. The number of carbonyl (C=O) groups is 2. The summed E-state index contributed by atoms with van der Waals surface area (Å²) in [6.45, 7) is 4.03. The summed E-state index contributed by atoms with van der Waals surface area (Å²) in [7, 11) is 0. The Kier molecular flexibility index (Phi) is 10.0. The number of benzene rings is 4. The maximum Gasteiger partial charge on any atom is 0.254 e. The van der Waals surface area contributed by atoms with Gasteiger partial charge in [0.15, 0.2) is 0 Å². The molecule has 0 unspecified atom stereocenters. The quantitative estimate of drug-likeness (QED) is 0.135.